The minimum atomic E-state index is -4.16. The Labute approximate surface area is 179 Å². The first-order valence-electron chi connectivity index (χ1n) is 8.98. The maximum absolute atomic E-state index is 13.4. The molecule has 1 aliphatic heterocycles. The van der Waals surface area contributed by atoms with E-state index in [1.807, 2.05) is 11.0 Å². The highest BCUT2D eigenvalue weighted by Gasteiger charge is 2.54. The van der Waals surface area contributed by atoms with Crippen LogP contribution in [0.1, 0.15) is 18.4 Å². The van der Waals surface area contributed by atoms with Gasteiger partial charge in [0, 0.05) is 19.6 Å². The lowest BCUT2D eigenvalue weighted by Crippen LogP contribution is -2.54. The Balaban J connectivity index is 1.84. The van der Waals surface area contributed by atoms with Gasteiger partial charge in [-0.1, -0.05) is 41.4 Å². The smallest absolute Gasteiger partial charge is 0.325 e. The summed E-state index contributed by atoms with van der Waals surface area (Å²) in [5.41, 5.74) is 0.926. The fraction of sp³-hybridized carbons (Fsp3) is 0.350. The van der Waals surface area contributed by atoms with E-state index >= 15 is 0 Å². The molecule has 0 unspecified atom stereocenters. The van der Waals surface area contributed by atoms with Crippen molar-refractivity contribution in [2.75, 3.05) is 20.2 Å². The molecule has 1 fully saturated rings. The van der Waals surface area contributed by atoms with E-state index < -0.39 is 20.6 Å². The molecule has 0 amide bonds. The molecule has 1 aliphatic rings. The number of carboxylic acids is 1. The third-order valence-corrected chi connectivity index (χ3v) is 8.58. The minimum Gasteiger partial charge on any atom is -0.495 e. The number of likely N-dealkylation sites (tertiary alicyclic amines) is 1. The van der Waals surface area contributed by atoms with Crippen LogP contribution in [0.2, 0.25) is 10.0 Å². The van der Waals surface area contributed by atoms with Crippen LogP contribution >= 0.6 is 23.2 Å². The van der Waals surface area contributed by atoms with Crippen molar-refractivity contribution < 1.29 is 23.1 Å². The molecule has 1 saturated heterocycles. The number of halogens is 2. The minimum absolute atomic E-state index is 0.0238. The molecule has 0 atom stereocenters. The number of para-hydroxylation sites is 1. The molecule has 6 nitrogen and oxygen atoms in total. The number of piperidine rings is 1. The van der Waals surface area contributed by atoms with Gasteiger partial charge in [-0.15, -0.1) is 0 Å². The first-order valence-corrected chi connectivity index (χ1v) is 11.2. The number of carboxylic acid groups (broad SMARTS) is 1. The molecule has 0 aromatic heterocycles. The van der Waals surface area contributed by atoms with Gasteiger partial charge in [0.15, 0.2) is 14.6 Å². The SMILES string of the molecule is COc1ccccc1S(=O)(=O)C1(C(=O)O)CCN(Cc2ccc(Cl)c(Cl)c2)CC1. The van der Waals surface area contributed by atoms with Crippen molar-refractivity contribution >= 4 is 39.0 Å². The second-order valence-corrected chi connectivity index (χ2v) is 10.0. The van der Waals surface area contributed by atoms with Crippen LogP contribution in [-0.4, -0.2) is 49.3 Å². The predicted molar refractivity (Wildman–Crippen MR) is 112 cm³/mol. The second kappa shape index (κ2) is 8.52. The molecular weight excluding hydrogens is 437 g/mol. The van der Waals surface area contributed by atoms with Crippen molar-refractivity contribution in [3.05, 3.63) is 58.1 Å². The van der Waals surface area contributed by atoms with Crippen LogP contribution in [0, 0.1) is 0 Å². The van der Waals surface area contributed by atoms with E-state index in [1.54, 1.807) is 24.3 Å². The average Bonchev–Trinajstić information content (AvgIpc) is 2.71. The van der Waals surface area contributed by atoms with Crippen molar-refractivity contribution in [2.24, 2.45) is 0 Å². The molecule has 0 spiro atoms. The monoisotopic (exact) mass is 457 g/mol. The van der Waals surface area contributed by atoms with Crippen molar-refractivity contribution in [1.29, 1.82) is 0 Å². The van der Waals surface area contributed by atoms with E-state index in [2.05, 4.69) is 0 Å². The number of ether oxygens (including phenoxy) is 1. The molecule has 0 radical (unpaired) electrons. The number of rotatable bonds is 6. The Hall–Kier alpha value is -1.80. The van der Waals surface area contributed by atoms with Crippen LogP contribution in [0.5, 0.6) is 5.75 Å². The van der Waals surface area contributed by atoms with E-state index in [0.717, 1.165) is 5.56 Å². The highest BCUT2D eigenvalue weighted by molar-refractivity contribution is 7.93. The summed E-state index contributed by atoms with van der Waals surface area (Å²) in [4.78, 5) is 14.1. The summed E-state index contributed by atoms with van der Waals surface area (Å²) in [6, 6.07) is 11.4. The van der Waals surface area contributed by atoms with Gasteiger partial charge in [0.05, 0.1) is 17.2 Å². The number of nitrogens with zero attached hydrogens (tertiary/aromatic N) is 1. The molecule has 29 heavy (non-hydrogen) atoms. The van der Waals surface area contributed by atoms with Crippen LogP contribution in [0.25, 0.3) is 0 Å². The topological polar surface area (TPSA) is 83.9 Å². The van der Waals surface area contributed by atoms with Gasteiger partial charge in [-0.3, -0.25) is 9.69 Å². The van der Waals surface area contributed by atoms with Gasteiger partial charge in [0.1, 0.15) is 10.6 Å². The molecule has 2 aromatic rings. The maximum atomic E-state index is 13.4. The van der Waals surface area contributed by atoms with Crippen LogP contribution in [0.4, 0.5) is 0 Å². The second-order valence-electron chi connectivity index (χ2n) is 6.98. The first kappa shape index (κ1) is 21.9. The summed E-state index contributed by atoms with van der Waals surface area (Å²) in [5, 5.41) is 10.8. The Morgan fingerprint density at radius 2 is 1.79 bits per heavy atom. The zero-order valence-corrected chi connectivity index (χ0v) is 18.1. The summed E-state index contributed by atoms with van der Waals surface area (Å²) in [7, 11) is -2.80. The van der Waals surface area contributed by atoms with E-state index in [-0.39, 0.29) is 23.5 Å². The molecule has 2 aromatic carbocycles. The summed E-state index contributed by atoms with van der Waals surface area (Å²) >= 11 is 12.0. The zero-order valence-electron chi connectivity index (χ0n) is 15.8. The number of benzene rings is 2. The van der Waals surface area contributed by atoms with Gasteiger partial charge in [-0.2, -0.15) is 0 Å². The largest absolute Gasteiger partial charge is 0.495 e. The standard InChI is InChI=1S/C20H21Cl2NO5S/c1-28-17-4-2-3-5-18(17)29(26,27)20(19(24)25)8-10-23(11-9-20)13-14-6-7-15(21)16(22)12-14/h2-7,12H,8-11,13H2,1H3,(H,24,25). The quantitative estimate of drug-likeness (QED) is 0.707. The number of sulfone groups is 1. The Morgan fingerprint density at radius 3 is 2.38 bits per heavy atom. The predicted octanol–water partition coefficient (Wildman–Crippen LogP) is 3.90. The third-order valence-electron chi connectivity index (χ3n) is 5.32. The molecule has 0 aliphatic carbocycles. The van der Waals surface area contributed by atoms with Crippen molar-refractivity contribution in [3.8, 4) is 5.75 Å². The first-order chi connectivity index (χ1) is 13.7. The van der Waals surface area contributed by atoms with E-state index in [1.165, 1.54) is 19.2 Å². The van der Waals surface area contributed by atoms with Crippen LogP contribution in [0.3, 0.4) is 0 Å². The lowest BCUT2D eigenvalue weighted by molar-refractivity contribution is -0.141. The number of hydrogen-bond donors (Lipinski definition) is 1. The summed E-state index contributed by atoms with van der Waals surface area (Å²) in [6.45, 7) is 1.17. The average molecular weight is 458 g/mol. The van der Waals surface area contributed by atoms with Gasteiger partial charge in [-0.25, -0.2) is 8.42 Å². The maximum Gasteiger partial charge on any atom is 0.325 e. The van der Waals surface area contributed by atoms with E-state index in [9.17, 15) is 18.3 Å². The summed E-state index contributed by atoms with van der Waals surface area (Å²) < 4.78 is 30.0. The molecule has 3 rings (SSSR count). The summed E-state index contributed by atoms with van der Waals surface area (Å²) in [6.07, 6.45) is -0.0475. The molecule has 9 heteroatoms. The van der Waals surface area contributed by atoms with Gasteiger partial charge < -0.3 is 9.84 Å². The molecule has 1 N–H and O–H groups in total. The van der Waals surface area contributed by atoms with E-state index in [0.29, 0.717) is 29.7 Å². The lowest BCUT2D eigenvalue weighted by atomic mass is 9.95. The molecule has 1 heterocycles. The number of aliphatic carboxylic acids is 1. The number of hydrogen-bond acceptors (Lipinski definition) is 5. The van der Waals surface area contributed by atoms with E-state index in [4.69, 9.17) is 27.9 Å². The van der Waals surface area contributed by atoms with Crippen molar-refractivity contribution in [1.82, 2.24) is 4.90 Å². The molecule has 0 saturated carbocycles. The highest BCUT2D eigenvalue weighted by atomic mass is 35.5. The van der Waals surface area contributed by atoms with Gasteiger partial charge in [0.2, 0.25) is 0 Å². The normalized spacial score (nSPS) is 17.1. The molecular formula is C20H21Cl2NO5S. The van der Waals surface area contributed by atoms with Crippen LogP contribution in [-0.2, 0) is 21.2 Å². The van der Waals surface area contributed by atoms with Crippen molar-refractivity contribution in [2.45, 2.75) is 29.0 Å². The fourth-order valence-corrected chi connectivity index (χ4v) is 5.98. The van der Waals surface area contributed by atoms with Crippen LogP contribution < -0.4 is 4.74 Å². The Kier molecular flexibility index (Phi) is 6.43. The molecule has 0 bridgehead atoms. The summed E-state index contributed by atoms with van der Waals surface area (Å²) in [5.74, 6) is -1.19. The van der Waals surface area contributed by atoms with Gasteiger partial charge in [-0.05, 0) is 42.7 Å². The zero-order chi connectivity index (χ0) is 21.2. The third kappa shape index (κ3) is 4.10. The van der Waals surface area contributed by atoms with Crippen molar-refractivity contribution in [3.63, 3.8) is 0 Å². The van der Waals surface area contributed by atoms with Gasteiger partial charge >= 0.3 is 5.97 Å². The van der Waals surface area contributed by atoms with Crippen LogP contribution in [0.15, 0.2) is 47.4 Å². The lowest BCUT2D eigenvalue weighted by Gasteiger charge is -2.38. The number of carbonyl (C=O) groups is 1. The fourth-order valence-electron chi connectivity index (χ4n) is 3.62. The number of methoxy groups -OCH3 is 1. The molecule has 156 valence electrons. The Bertz CT molecular complexity index is 1020. The highest BCUT2D eigenvalue weighted by Crippen LogP contribution is 2.39. The van der Waals surface area contributed by atoms with Gasteiger partial charge in [0.25, 0.3) is 0 Å². The Morgan fingerprint density at radius 1 is 1.14 bits per heavy atom.